The Kier molecular flexibility index (Phi) is 4.45. The summed E-state index contributed by atoms with van der Waals surface area (Å²) in [7, 11) is 3.37. The van der Waals surface area contributed by atoms with Gasteiger partial charge in [-0.25, -0.2) is 0 Å². The first kappa shape index (κ1) is 13.4. The van der Waals surface area contributed by atoms with Crippen LogP contribution in [0.15, 0.2) is 23.1 Å². The molecule has 0 spiro atoms. The number of carbonyl (C=O) groups is 1. The zero-order valence-corrected chi connectivity index (χ0v) is 10.5. The monoisotopic (exact) mass is 237 g/mol. The fraction of sp³-hybridized carbons (Fsp3) is 0.500. The van der Waals surface area contributed by atoms with Crippen LogP contribution in [-0.4, -0.2) is 35.0 Å². The van der Waals surface area contributed by atoms with E-state index in [1.165, 1.54) is 10.6 Å². The van der Waals surface area contributed by atoms with E-state index in [1.54, 1.807) is 31.3 Å². The summed E-state index contributed by atoms with van der Waals surface area (Å²) < 4.78 is 1.43. The van der Waals surface area contributed by atoms with Gasteiger partial charge in [0.1, 0.15) is 0 Å². The van der Waals surface area contributed by atoms with Gasteiger partial charge in [0.2, 0.25) is 0 Å². The molecule has 1 unspecified atom stereocenters. The molecule has 94 valence electrons. The lowest BCUT2D eigenvalue weighted by Crippen LogP contribution is -2.37. The second kappa shape index (κ2) is 5.63. The molecular weight excluding hydrogens is 218 g/mol. The molecule has 0 saturated carbocycles. The summed E-state index contributed by atoms with van der Waals surface area (Å²) in [6.45, 7) is 2.47. The van der Waals surface area contributed by atoms with Crippen LogP contribution < -0.4 is 11.3 Å². The van der Waals surface area contributed by atoms with E-state index in [-0.39, 0.29) is 17.5 Å². The summed E-state index contributed by atoms with van der Waals surface area (Å²) in [5.74, 6) is -0.149. The van der Waals surface area contributed by atoms with Crippen molar-refractivity contribution in [3.05, 3.63) is 34.2 Å². The molecule has 0 aliphatic rings. The molecule has 1 amide bonds. The van der Waals surface area contributed by atoms with Crippen molar-refractivity contribution in [1.82, 2.24) is 9.47 Å². The van der Waals surface area contributed by atoms with Crippen molar-refractivity contribution in [3.63, 3.8) is 0 Å². The number of pyridine rings is 1. The number of carbonyl (C=O) groups excluding carboxylic acids is 1. The number of amides is 1. The van der Waals surface area contributed by atoms with E-state index in [0.29, 0.717) is 12.1 Å². The first-order chi connectivity index (χ1) is 7.97. The van der Waals surface area contributed by atoms with Crippen LogP contribution in [-0.2, 0) is 7.05 Å². The van der Waals surface area contributed by atoms with Crippen LogP contribution in [0.5, 0.6) is 0 Å². The zero-order chi connectivity index (χ0) is 13.0. The maximum absolute atomic E-state index is 12.1. The largest absolute Gasteiger partial charge is 0.339 e. The number of aromatic nitrogens is 1. The quantitative estimate of drug-likeness (QED) is 0.813. The molecule has 5 heteroatoms. The minimum atomic E-state index is -0.185. The van der Waals surface area contributed by atoms with Crippen LogP contribution in [0, 0.1) is 0 Å². The van der Waals surface area contributed by atoms with E-state index in [2.05, 4.69) is 0 Å². The van der Waals surface area contributed by atoms with Gasteiger partial charge in [-0.15, -0.1) is 0 Å². The minimum absolute atomic E-state index is 0.0663. The molecule has 0 fully saturated rings. The van der Waals surface area contributed by atoms with Crippen molar-refractivity contribution in [1.29, 1.82) is 0 Å². The number of nitrogens with two attached hydrogens (primary N) is 1. The molecule has 1 aromatic rings. The Bertz CT molecular complexity index is 453. The molecule has 1 aromatic heterocycles. The predicted molar refractivity (Wildman–Crippen MR) is 66.9 cm³/mol. The number of hydrogen-bond donors (Lipinski definition) is 1. The highest BCUT2D eigenvalue weighted by Gasteiger charge is 2.17. The highest BCUT2D eigenvalue weighted by molar-refractivity contribution is 5.94. The van der Waals surface area contributed by atoms with Crippen LogP contribution in [0.3, 0.4) is 0 Å². The van der Waals surface area contributed by atoms with Gasteiger partial charge in [-0.2, -0.15) is 0 Å². The van der Waals surface area contributed by atoms with Crippen LogP contribution in [0.2, 0.25) is 0 Å². The molecule has 1 atom stereocenters. The van der Waals surface area contributed by atoms with Crippen LogP contribution in [0.4, 0.5) is 0 Å². The first-order valence-corrected chi connectivity index (χ1v) is 5.61. The summed E-state index contributed by atoms with van der Waals surface area (Å²) >= 11 is 0. The minimum Gasteiger partial charge on any atom is -0.339 e. The van der Waals surface area contributed by atoms with E-state index < -0.39 is 0 Å². The van der Waals surface area contributed by atoms with Gasteiger partial charge in [0.05, 0.1) is 0 Å². The van der Waals surface area contributed by atoms with Crippen LogP contribution in [0.25, 0.3) is 0 Å². The Labute approximate surface area is 101 Å². The summed E-state index contributed by atoms with van der Waals surface area (Å²) in [6, 6.07) is 3.07. The second-order valence-corrected chi connectivity index (χ2v) is 4.21. The van der Waals surface area contributed by atoms with E-state index in [9.17, 15) is 9.59 Å². The Morgan fingerprint density at radius 2 is 2.24 bits per heavy atom. The van der Waals surface area contributed by atoms with E-state index in [1.807, 2.05) is 6.92 Å². The first-order valence-electron chi connectivity index (χ1n) is 5.61. The van der Waals surface area contributed by atoms with Crippen LogP contribution >= 0.6 is 0 Å². The number of rotatable bonds is 4. The summed E-state index contributed by atoms with van der Waals surface area (Å²) in [4.78, 5) is 25.1. The molecule has 0 aliphatic heterocycles. The van der Waals surface area contributed by atoms with Gasteiger partial charge in [-0.1, -0.05) is 0 Å². The topological polar surface area (TPSA) is 68.3 Å². The fourth-order valence-corrected chi connectivity index (χ4v) is 1.52. The Morgan fingerprint density at radius 3 is 2.76 bits per heavy atom. The average Bonchev–Trinajstić information content (AvgIpc) is 2.31. The third-order valence-corrected chi connectivity index (χ3v) is 2.92. The van der Waals surface area contributed by atoms with E-state index in [4.69, 9.17) is 5.73 Å². The Morgan fingerprint density at radius 1 is 1.59 bits per heavy atom. The Balaban J connectivity index is 2.89. The molecule has 0 bridgehead atoms. The zero-order valence-electron chi connectivity index (χ0n) is 10.5. The van der Waals surface area contributed by atoms with Gasteiger partial charge in [-0.05, 0) is 26.0 Å². The maximum Gasteiger partial charge on any atom is 0.254 e. The molecular formula is C12H19N3O2. The van der Waals surface area contributed by atoms with Gasteiger partial charge >= 0.3 is 0 Å². The van der Waals surface area contributed by atoms with Gasteiger partial charge in [0.25, 0.3) is 11.5 Å². The van der Waals surface area contributed by atoms with Crippen molar-refractivity contribution in [2.24, 2.45) is 12.8 Å². The molecule has 17 heavy (non-hydrogen) atoms. The number of aryl methyl sites for hydroxylation is 1. The van der Waals surface area contributed by atoms with Crippen LogP contribution in [0.1, 0.15) is 23.7 Å². The predicted octanol–water partition coefficient (Wildman–Crippen LogP) is 0.195. The molecule has 2 N–H and O–H groups in total. The normalized spacial score (nSPS) is 12.2. The lowest BCUT2D eigenvalue weighted by atomic mass is 10.1. The molecule has 0 radical (unpaired) electrons. The third-order valence-electron chi connectivity index (χ3n) is 2.92. The number of hydrogen-bond acceptors (Lipinski definition) is 3. The van der Waals surface area contributed by atoms with Gasteiger partial charge in [-0.3, -0.25) is 9.59 Å². The highest BCUT2D eigenvalue weighted by Crippen LogP contribution is 2.06. The lowest BCUT2D eigenvalue weighted by molar-refractivity contribution is 0.0738. The fourth-order valence-electron chi connectivity index (χ4n) is 1.52. The Hall–Kier alpha value is -1.62. The third kappa shape index (κ3) is 3.17. The molecule has 5 nitrogen and oxygen atoms in total. The standard InChI is InChI=1S/C12H19N3O2/c1-9(4-6-13)15(3)12(17)10-5-7-14(2)11(16)8-10/h5,7-9H,4,6,13H2,1-3H3. The average molecular weight is 237 g/mol. The van der Waals surface area contributed by atoms with Crippen molar-refractivity contribution in [3.8, 4) is 0 Å². The van der Waals surface area contributed by atoms with Crippen molar-refractivity contribution < 1.29 is 4.79 Å². The summed E-state index contributed by atoms with van der Waals surface area (Å²) in [5, 5.41) is 0. The van der Waals surface area contributed by atoms with E-state index >= 15 is 0 Å². The lowest BCUT2D eigenvalue weighted by Gasteiger charge is -2.24. The van der Waals surface area contributed by atoms with Crippen molar-refractivity contribution >= 4 is 5.91 Å². The van der Waals surface area contributed by atoms with Crippen molar-refractivity contribution in [2.45, 2.75) is 19.4 Å². The van der Waals surface area contributed by atoms with Gasteiger partial charge < -0.3 is 15.2 Å². The van der Waals surface area contributed by atoms with Gasteiger partial charge in [0, 0.05) is 38.0 Å². The summed E-state index contributed by atoms with van der Waals surface area (Å²) in [6.07, 6.45) is 2.34. The second-order valence-electron chi connectivity index (χ2n) is 4.21. The summed E-state index contributed by atoms with van der Waals surface area (Å²) in [5.41, 5.74) is 5.69. The van der Waals surface area contributed by atoms with Gasteiger partial charge in [0.15, 0.2) is 0 Å². The molecule has 0 aliphatic carbocycles. The molecule has 1 heterocycles. The van der Waals surface area contributed by atoms with E-state index in [0.717, 1.165) is 6.42 Å². The number of nitrogens with zero attached hydrogens (tertiary/aromatic N) is 2. The molecule has 0 saturated heterocycles. The maximum atomic E-state index is 12.1. The molecule has 0 aromatic carbocycles. The van der Waals surface area contributed by atoms with Crippen molar-refractivity contribution in [2.75, 3.05) is 13.6 Å². The molecule has 1 rings (SSSR count). The SMILES string of the molecule is CC(CCN)N(C)C(=O)c1ccn(C)c(=O)c1. The highest BCUT2D eigenvalue weighted by atomic mass is 16.2. The smallest absolute Gasteiger partial charge is 0.254 e.